The molecule has 0 amide bonds. The second kappa shape index (κ2) is 8.08. The topological polar surface area (TPSA) is 166 Å². The summed E-state index contributed by atoms with van der Waals surface area (Å²) in [6.07, 6.45) is -7.23. The normalized spacial score (nSPS) is 27.6. The van der Waals surface area contributed by atoms with Crippen molar-refractivity contribution in [3.63, 3.8) is 0 Å². The lowest BCUT2D eigenvalue weighted by Crippen LogP contribution is -2.61. The maximum absolute atomic E-state index is 11.2. The summed E-state index contributed by atoms with van der Waals surface area (Å²) in [5.74, 6) is -2.46. The summed E-state index contributed by atoms with van der Waals surface area (Å²) in [5.41, 5.74) is 1.09. The highest BCUT2D eigenvalue weighted by Gasteiger charge is 2.48. The molecule has 0 aromatic heterocycles. The zero-order valence-corrected chi connectivity index (χ0v) is 16.0. The summed E-state index contributed by atoms with van der Waals surface area (Å²) >= 11 is 0. The summed E-state index contributed by atoms with van der Waals surface area (Å²) in [6, 6.07) is 10.4. The first kappa shape index (κ1) is 20.9. The standard InChI is InChI=1S/C21H20O10/c22-14-10-6-7-11(9-4-2-1-3-5-9)29-12(10)8-13(15(14)23)30-21-18(26)16(24)17(25)19(31-21)20(27)28/h1-5,7-8,16-19,21-26H,6H2,(H,27,28). The van der Waals surface area contributed by atoms with Crippen LogP contribution in [0.1, 0.15) is 11.1 Å². The summed E-state index contributed by atoms with van der Waals surface area (Å²) in [5, 5.41) is 59.7. The number of allylic oxidation sites excluding steroid dienone is 1. The van der Waals surface area contributed by atoms with Crippen molar-refractivity contribution in [1.82, 2.24) is 0 Å². The van der Waals surface area contributed by atoms with Gasteiger partial charge >= 0.3 is 5.97 Å². The van der Waals surface area contributed by atoms with Gasteiger partial charge in [0.05, 0.1) is 0 Å². The van der Waals surface area contributed by atoms with Gasteiger partial charge in [-0.3, -0.25) is 0 Å². The van der Waals surface area contributed by atoms with Crippen molar-refractivity contribution in [2.24, 2.45) is 0 Å². The molecule has 31 heavy (non-hydrogen) atoms. The Labute approximate surface area is 175 Å². The highest BCUT2D eigenvalue weighted by atomic mass is 16.7. The molecule has 2 aromatic carbocycles. The highest BCUT2D eigenvalue weighted by molar-refractivity contribution is 5.73. The predicted molar refractivity (Wildman–Crippen MR) is 103 cm³/mol. The van der Waals surface area contributed by atoms with Crippen LogP contribution in [0.3, 0.4) is 0 Å². The van der Waals surface area contributed by atoms with E-state index in [1.54, 1.807) is 6.08 Å². The van der Waals surface area contributed by atoms with E-state index >= 15 is 0 Å². The van der Waals surface area contributed by atoms with Gasteiger partial charge in [-0.15, -0.1) is 0 Å². The molecule has 0 spiro atoms. The quantitative estimate of drug-likeness (QED) is 0.371. The van der Waals surface area contributed by atoms with E-state index in [9.17, 15) is 30.3 Å². The van der Waals surface area contributed by atoms with E-state index in [0.29, 0.717) is 11.3 Å². The fourth-order valence-corrected chi connectivity index (χ4v) is 3.44. The van der Waals surface area contributed by atoms with E-state index in [1.807, 2.05) is 30.3 Å². The van der Waals surface area contributed by atoms with Crippen molar-refractivity contribution in [2.45, 2.75) is 37.1 Å². The monoisotopic (exact) mass is 432 g/mol. The Morgan fingerprint density at radius 3 is 2.39 bits per heavy atom. The number of aliphatic carboxylic acids is 1. The Bertz CT molecular complexity index is 1020. The van der Waals surface area contributed by atoms with Crippen molar-refractivity contribution < 1.29 is 49.6 Å². The number of rotatable bonds is 4. The van der Waals surface area contributed by atoms with Crippen LogP contribution in [0.4, 0.5) is 0 Å². The second-order valence-corrected chi connectivity index (χ2v) is 7.14. The highest BCUT2D eigenvalue weighted by Crippen LogP contribution is 2.47. The van der Waals surface area contributed by atoms with Gasteiger partial charge in [0.15, 0.2) is 17.6 Å². The molecule has 1 fully saturated rings. The number of phenols is 2. The number of carboxylic acid groups (broad SMARTS) is 1. The summed E-state index contributed by atoms with van der Waals surface area (Å²) in [6.45, 7) is 0. The number of carbonyl (C=O) groups is 1. The van der Waals surface area contributed by atoms with Crippen molar-refractivity contribution in [3.8, 4) is 23.0 Å². The predicted octanol–water partition coefficient (Wildman–Crippen LogP) is 0.345. The van der Waals surface area contributed by atoms with Crippen molar-refractivity contribution in [2.75, 3.05) is 0 Å². The van der Waals surface area contributed by atoms with Gasteiger partial charge in [-0.2, -0.15) is 0 Å². The Morgan fingerprint density at radius 1 is 1.00 bits per heavy atom. The number of phenolic OH excluding ortho intramolecular Hbond substituents is 2. The number of fused-ring (bicyclic) bond motifs is 1. The van der Waals surface area contributed by atoms with Gasteiger partial charge < -0.3 is 44.8 Å². The van der Waals surface area contributed by atoms with Gasteiger partial charge in [0.25, 0.3) is 0 Å². The summed E-state index contributed by atoms with van der Waals surface area (Å²) in [7, 11) is 0. The zero-order valence-electron chi connectivity index (χ0n) is 16.0. The lowest BCUT2D eigenvalue weighted by molar-refractivity contribution is -0.271. The molecule has 5 unspecified atom stereocenters. The second-order valence-electron chi connectivity index (χ2n) is 7.14. The minimum Gasteiger partial charge on any atom is -0.504 e. The number of carboxylic acids is 1. The lowest BCUT2D eigenvalue weighted by atomic mass is 9.99. The number of ether oxygens (including phenoxy) is 3. The maximum Gasteiger partial charge on any atom is 0.335 e. The molecule has 1 saturated heterocycles. The minimum absolute atomic E-state index is 0.173. The van der Waals surface area contributed by atoms with Crippen LogP contribution in [0.25, 0.3) is 5.76 Å². The number of aliphatic hydroxyl groups excluding tert-OH is 3. The van der Waals surface area contributed by atoms with Crippen LogP contribution in [0.5, 0.6) is 23.0 Å². The molecular weight excluding hydrogens is 412 g/mol. The average Bonchev–Trinajstić information content (AvgIpc) is 2.77. The molecule has 10 heteroatoms. The smallest absolute Gasteiger partial charge is 0.335 e. The molecule has 6 N–H and O–H groups in total. The molecule has 10 nitrogen and oxygen atoms in total. The molecule has 4 rings (SSSR count). The van der Waals surface area contributed by atoms with Crippen molar-refractivity contribution in [3.05, 3.63) is 53.6 Å². The number of aliphatic hydroxyl groups is 3. The van der Waals surface area contributed by atoms with E-state index in [1.165, 1.54) is 6.07 Å². The first-order chi connectivity index (χ1) is 14.8. The van der Waals surface area contributed by atoms with Crippen LogP contribution in [0.2, 0.25) is 0 Å². The third-order valence-electron chi connectivity index (χ3n) is 5.13. The van der Waals surface area contributed by atoms with Crippen LogP contribution in [0.15, 0.2) is 42.5 Å². The third-order valence-corrected chi connectivity index (χ3v) is 5.13. The van der Waals surface area contributed by atoms with Crippen molar-refractivity contribution in [1.29, 1.82) is 0 Å². The van der Waals surface area contributed by atoms with Crippen molar-refractivity contribution >= 4 is 11.7 Å². The number of hydrogen-bond acceptors (Lipinski definition) is 9. The Balaban J connectivity index is 1.62. The Morgan fingerprint density at radius 2 is 1.71 bits per heavy atom. The molecule has 2 heterocycles. The molecule has 164 valence electrons. The van der Waals surface area contributed by atoms with Gasteiger partial charge in [-0.05, 0) is 6.08 Å². The van der Waals surface area contributed by atoms with Crippen LogP contribution in [-0.2, 0) is 16.0 Å². The van der Waals surface area contributed by atoms with Gasteiger partial charge in [-0.1, -0.05) is 30.3 Å². The molecule has 0 bridgehead atoms. The van der Waals surface area contributed by atoms with E-state index in [2.05, 4.69) is 0 Å². The Hall–Kier alpha value is -3.31. The molecule has 2 aliphatic heterocycles. The number of benzene rings is 2. The Kier molecular flexibility index (Phi) is 5.46. The van der Waals surface area contributed by atoms with Gasteiger partial charge in [-0.25, -0.2) is 4.79 Å². The fraction of sp³-hybridized carbons (Fsp3) is 0.286. The van der Waals surface area contributed by atoms with E-state index in [-0.39, 0.29) is 17.9 Å². The molecule has 0 saturated carbocycles. The minimum atomic E-state index is -1.89. The summed E-state index contributed by atoms with van der Waals surface area (Å²) < 4.78 is 16.2. The van der Waals surface area contributed by atoms with Gasteiger partial charge in [0, 0.05) is 23.6 Å². The lowest BCUT2D eigenvalue weighted by Gasteiger charge is -2.38. The summed E-state index contributed by atoms with van der Waals surface area (Å²) in [4.78, 5) is 11.2. The largest absolute Gasteiger partial charge is 0.504 e. The SMILES string of the molecule is O=C(O)C1OC(Oc2cc3c(c(O)c2O)CC=C(c2ccccc2)O3)C(O)C(O)C1O. The van der Waals surface area contributed by atoms with E-state index < -0.39 is 48.2 Å². The molecule has 2 aromatic rings. The van der Waals surface area contributed by atoms with E-state index in [0.717, 1.165) is 5.56 Å². The third kappa shape index (κ3) is 3.77. The molecule has 5 atom stereocenters. The molecule has 2 aliphatic rings. The molecule has 0 radical (unpaired) electrons. The van der Waals surface area contributed by atoms with E-state index in [4.69, 9.17) is 19.3 Å². The van der Waals surface area contributed by atoms with Crippen LogP contribution in [-0.4, -0.2) is 67.3 Å². The van der Waals surface area contributed by atoms with Gasteiger partial charge in [0.1, 0.15) is 29.8 Å². The first-order valence-corrected chi connectivity index (χ1v) is 9.38. The number of hydrogen-bond donors (Lipinski definition) is 6. The average molecular weight is 432 g/mol. The van der Waals surface area contributed by atoms with Crippen LogP contribution >= 0.6 is 0 Å². The fourth-order valence-electron chi connectivity index (χ4n) is 3.44. The van der Waals surface area contributed by atoms with Gasteiger partial charge in [0.2, 0.25) is 12.0 Å². The van der Waals surface area contributed by atoms with Crippen LogP contribution < -0.4 is 9.47 Å². The molecule has 0 aliphatic carbocycles. The molecular formula is C21H20O10. The zero-order chi connectivity index (χ0) is 22.3. The van der Waals surface area contributed by atoms with Crippen LogP contribution in [0, 0.1) is 0 Å². The first-order valence-electron chi connectivity index (χ1n) is 9.38. The maximum atomic E-state index is 11.2. The number of aromatic hydroxyl groups is 2.